The molecular formula is C20H15Cl2NO6. The van der Waals surface area contributed by atoms with Gasteiger partial charge in [-0.15, -0.1) is 0 Å². The molecule has 0 bridgehead atoms. The van der Waals surface area contributed by atoms with E-state index in [0.29, 0.717) is 33.4 Å². The molecular weight excluding hydrogens is 421 g/mol. The Morgan fingerprint density at radius 2 is 1.93 bits per heavy atom. The van der Waals surface area contributed by atoms with Gasteiger partial charge >= 0.3 is 5.97 Å². The zero-order valence-corrected chi connectivity index (χ0v) is 16.7. The third-order valence-corrected chi connectivity index (χ3v) is 4.50. The van der Waals surface area contributed by atoms with Crippen molar-refractivity contribution in [1.29, 1.82) is 0 Å². The first kappa shape index (κ1) is 20.7. The second kappa shape index (κ2) is 8.98. The van der Waals surface area contributed by atoms with Gasteiger partial charge in [0, 0.05) is 22.2 Å². The zero-order chi connectivity index (χ0) is 21.0. The van der Waals surface area contributed by atoms with E-state index in [-0.39, 0.29) is 23.9 Å². The fourth-order valence-electron chi connectivity index (χ4n) is 2.49. The molecule has 0 aliphatic rings. The largest absolute Gasteiger partial charge is 0.480 e. The first-order valence-corrected chi connectivity index (χ1v) is 9.16. The Bertz CT molecular complexity index is 1060. The quantitative estimate of drug-likeness (QED) is 0.272. The molecule has 0 spiro atoms. The van der Waals surface area contributed by atoms with Gasteiger partial charge in [0.05, 0.1) is 9.95 Å². The molecule has 0 radical (unpaired) electrons. The maximum atomic E-state index is 11.9. The van der Waals surface area contributed by atoms with Crippen LogP contribution in [0.1, 0.15) is 11.3 Å². The van der Waals surface area contributed by atoms with Crippen molar-refractivity contribution >= 4 is 34.9 Å². The molecule has 0 unspecified atom stereocenters. The van der Waals surface area contributed by atoms with Gasteiger partial charge in [-0.25, -0.2) is 4.79 Å². The van der Waals surface area contributed by atoms with Crippen molar-refractivity contribution in [3.05, 3.63) is 80.0 Å². The highest BCUT2D eigenvalue weighted by Gasteiger charge is 2.15. The summed E-state index contributed by atoms with van der Waals surface area (Å²) in [6, 6.07) is 12.7. The highest BCUT2D eigenvalue weighted by Crippen LogP contribution is 2.29. The Hall–Kier alpha value is -3.03. The molecule has 1 heterocycles. The summed E-state index contributed by atoms with van der Waals surface area (Å²) in [4.78, 5) is 22.5. The summed E-state index contributed by atoms with van der Waals surface area (Å²) in [7, 11) is 0. The Balaban J connectivity index is 1.57. The fraction of sp³-hybridized carbons (Fsp3) is 0.150. The second-order valence-electron chi connectivity index (χ2n) is 6.05. The van der Waals surface area contributed by atoms with E-state index in [1.54, 1.807) is 43.3 Å². The molecule has 0 fully saturated rings. The molecule has 9 heteroatoms. The molecule has 0 aliphatic carbocycles. The van der Waals surface area contributed by atoms with Crippen molar-refractivity contribution in [1.82, 2.24) is 0 Å². The molecule has 2 aromatic carbocycles. The molecule has 0 amide bonds. The zero-order valence-electron chi connectivity index (χ0n) is 15.2. The van der Waals surface area contributed by atoms with Gasteiger partial charge in [0.2, 0.25) is 0 Å². The molecule has 0 N–H and O–H groups in total. The highest BCUT2D eigenvalue weighted by molar-refractivity contribution is 6.35. The number of halogens is 2. The summed E-state index contributed by atoms with van der Waals surface area (Å²) in [5.74, 6) is 0.527. The van der Waals surface area contributed by atoms with Gasteiger partial charge in [0.15, 0.2) is 6.61 Å². The Kier molecular flexibility index (Phi) is 6.41. The number of nitro groups is 1. The summed E-state index contributed by atoms with van der Waals surface area (Å²) in [6.07, 6.45) is 0. The first-order chi connectivity index (χ1) is 13.8. The van der Waals surface area contributed by atoms with Crippen LogP contribution in [0, 0.1) is 17.0 Å². The molecule has 3 aromatic rings. The molecule has 0 aliphatic heterocycles. The highest BCUT2D eigenvalue weighted by atomic mass is 35.5. The minimum atomic E-state index is -0.611. The summed E-state index contributed by atoms with van der Waals surface area (Å²) in [6.45, 7) is 1.22. The first-order valence-electron chi connectivity index (χ1n) is 8.41. The maximum Gasteiger partial charge on any atom is 0.344 e. The van der Waals surface area contributed by atoms with E-state index in [4.69, 9.17) is 37.1 Å². The number of carbonyl (C=O) groups excluding carboxylic acids is 1. The number of aryl methyl sites for hydroxylation is 1. The number of furan rings is 1. The van der Waals surface area contributed by atoms with Gasteiger partial charge in [0.25, 0.3) is 5.69 Å². The summed E-state index contributed by atoms with van der Waals surface area (Å²) in [5.41, 5.74) is 1.12. The number of hydrogen-bond acceptors (Lipinski definition) is 6. The van der Waals surface area contributed by atoms with Gasteiger partial charge < -0.3 is 13.9 Å². The van der Waals surface area contributed by atoms with Crippen LogP contribution in [0.4, 0.5) is 5.69 Å². The molecule has 0 saturated carbocycles. The van der Waals surface area contributed by atoms with Gasteiger partial charge in [-0.2, -0.15) is 0 Å². The number of esters is 1. The van der Waals surface area contributed by atoms with E-state index >= 15 is 0 Å². The lowest BCUT2D eigenvalue weighted by Gasteiger charge is -2.08. The van der Waals surface area contributed by atoms with Crippen molar-refractivity contribution in [2.24, 2.45) is 0 Å². The molecule has 29 heavy (non-hydrogen) atoms. The number of rotatable bonds is 7. The van der Waals surface area contributed by atoms with Gasteiger partial charge in [0.1, 0.15) is 23.9 Å². The third kappa shape index (κ3) is 5.28. The van der Waals surface area contributed by atoms with Crippen molar-refractivity contribution in [3.63, 3.8) is 0 Å². The molecule has 0 atom stereocenters. The van der Waals surface area contributed by atoms with Gasteiger partial charge in [-0.1, -0.05) is 35.3 Å². The molecule has 7 nitrogen and oxygen atoms in total. The Labute approximate surface area is 175 Å². The van der Waals surface area contributed by atoms with E-state index in [9.17, 15) is 14.9 Å². The van der Waals surface area contributed by atoms with Crippen molar-refractivity contribution in [2.75, 3.05) is 6.61 Å². The summed E-state index contributed by atoms with van der Waals surface area (Å²) < 4.78 is 16.0. The van der Waals surface area contributed by atoms with E-state index in [1.807, 2.05) is 0 Å². The number of benzene rings is 2. The van der Waals surface area contributed by atoms with Crippen LogP contribution in [0.3, 0.4) is 0 Å². The van der Waals surface area contributed by atoms with Crippen LogP contribution in [0.25, 0.3) is 11.3 Å². The SMILES string of the molecule is Cc1ccc(-c2ccc(COC(=O)COc3ccc(Cl)cc3Cl)o2)cc1[N+](=O)[O-]. The van der Waals surface area contributed by atoms with E-state index in [2.05, 4.69) is 0 Å². The summed E-state index contributed by atoms with van der Waals surface area (Å²) in [5, 5.41) is 11.8. The van der Waals surface area contributed by atoms with E-state index in [0.717, 1.165) is 0 Å². The van der Waals surface area contributed by atoms with Crippen molar-refractivity contribution in [2.45, 2.75) is 13.5 Å². The molecule has 1 aromatic heterocycles. The van der Waals surface area contributed by atoms with Crippen LogP contribution in [0.5, 0.6) is 5.75 Å². The van der Waals surface area contributed by atoms with E-state index in [1.165, 1.54) is 12.1 Å². The number of carbonyl (C=O) groups is 1. The number of nitrogens with zero attached hydrogens (tertiary/aromatic N) is 1. The lowest BCUT2D eigenvalue weighted by Crippen LogP contribution is -2.14. The standard InChI is InChI=1S/C20H15Cl2NO6/c1-12-2-3-13(8-17(12)23(25)26)18-7-5-15(29-18)10-28-20(24)11-27-19-6-4-14(21)9-16(19)22/h2-9H,10-11H2,1H3. The Morgan fingerprint density at radius 3 is 2.66 bits per heavy atom. The number of ether oxygens (including phenoxy) is 2. The van der Waals surface area contributed by atoms with Crippen LogP contribution >= 0.6 is 23.2 Å². The molecule has 0 saturated heterocycles. The van der Waals surface area contributed by atoms with Crippen LogP contribution in [0.2, 0.25) is 10.0 Å². The topological polar surface area (TPSA) is 91.8 Å². The van der Waals surface area contributed by atoms with Gasteiger partial charge in [-0.05, 0) is 37.3 Å². The molecule has 150 valence electrons. The lowest BCUT2D eigenvalue weighted by atomic mass is 10.1. The van der Waals surface area contributed by atoms with Crippen LogP contribution < -0.4 is 4.74 Å². The third-order valence-electron chi connectivity index (χ3n) is 3.97. The minimum absolute atomic E-state index is 0.00452. The Morgan fingerprint density at radius 1 is 1.14 bits per heavy atom. The average Bonchev–Trinajstić information content (AvgIpc) is 3.15. The van der Waals surface area contributed by atoms with Crippen LogP contribution in [0.15, 0.2) is 52.9 Å². The van der Waals surface area contributed by atoms with Crippen LogP contribution in [-0.2, 0) is 16.1 Å². The van der Waals surface area contributed by atoms with Gasteiger partial charge in [-0.3, -0.25) is 10.1 Å². The fourth-order valence-corrected chi connectivity index (χ4v) is 2.96. The summed E-state index contributed by atoms with van der Waals surface area (Å²) >= 11 is 11.8. The number of hydrogen-bond donors (Lipinski definition) is 0. The monoisotopic (exact) mass is 435 g/mol. The second-order valence-corrected chi connectivity index (χ2v) is 6.89. The van der Waals surface area contributed by atoms with Crippen molar-refractivity contribution < 1.29 is 23.6 Å². The average molecular weight is 436 g/mol. The maximum absolute atomic E-state index is 11.9. The van der Waals surface area contributed by atoms with Crippen molar-refractivity contribution in [3.8, 4) is 17.1 Å². The normalized spacial score (nSPS) is 10.6. The predicted molar refractivity (Wildman–Crippen MR) is 107 cm³/mol. The lowest BCUT2D eigenvalue weighted by molar-refractivity contribution is -0.385. The van der Waals surface area contributed by atoms with E-state index < -0.39 is 10.9 Å². The minimum Gasteiger partial charge on any atom is -0.480 e. The predicted octanol–water partition coefficient (Wildman–Crippen LogP) is 5.59. The smallest absolute Gasteiger partial charge is 0.344 e. The van der Waals surface area contributed by atoms with Crippen LogP contribution in [-0.4, -0.2) is 17.5 Å². The number of nitro benzene ring substituents is 1. The molecule has 3 rings (SSSR count).